The van der Waals surface area contributed by atoms with E-state index in [0.717, 1.165) is 0 Å². The fraction of sp³-hybridized carbons (Fsp3) is 0.111. The van der Waals surface area contributed by atoms with Crippen LogP contribution in [0.25, 0.3) is 5.65 Å². The molecule has 0 saturated heterocycles. The molecule has 2 rings (SSSR count). The molecule has 2 heterocycles. The summed E-state index contributed by atoms with van der Waals surface area (Å²) in [6.07, 6.45) is 3.13. The summed E-state index contributed by atoms with van der Waals surface area (Å²) in [5, 5.41) is 0. The van der Waals surface area contributed by atoms with E-state index in [1.165, 1.54) is 16.7 Å². The molecule has 0 aliphatic carbocycles. The monoisotopic (exact) mass is 176 g/mol. The predicted molar refractivity (Wildman–Crippen MR) is 48.0 cm³/mol. The van der Waals surface area contributed by atoms with Crippen LogP contribution in [0.4, 0.5) is 0 Å². The maximum Gasteiger partial charge on any atom is 0.257 e. The van der Waals surface area contributed by atoms with E-state index in [4.69, 9.17) is 4.74 Å². The molecule has 0 saturated carbocycles. The predicted octanol–water partition coefficient (Wildman–Crippen LogP) is 0.703. The summed E-state index contributed by atoms with van der Waals surface area (Å²) in [5.41, 5.74) is 0.432. The third-order valence-electron chi connectivity index (χ3n) is 1.80. The van der Waals surface area contributed by atoms with Gasteiger partial charge in [0, 0.05) is 18.5 Å². The number of hydrogen-bond donors (Lipinski definition) is 0. The fourth-order valence-electron chi connectivity index (χ4n) is 1.20. The summed E-state index contributed by atoms with van der Waals surface area (Å²) in [4.78, 5) is 15.4. The van der Waals surface area contributed by atoms with Crippen LogP contribution in [0.1, 0.15) is 0 Å². The Morgan fingerprint density at radius 2 is 2.31 bits per heavy atom. The molecule has 0 N–H and O–H groups in total. The third kappa shape index (κ3) is 1.16. The SMILES string of the molecule is COc1cccn2c(=O)ccnc12. The van der Waals surface area contributed by atoms with Crippen molar-refractivity contribution in [2.24, 2.45) is 0 Å². The highest BCUT2D eigenvalue weighted by atomic mass is 16.5. The minimum Gasteiger partial charge on any atom is -0.493 e. The maximum absolute atomic E-state index is 11.3. The maximum atomic E-state index is 11.3. The number of methoxy groups -OCH3 is 1. The topological polar surface area (TPSA) is 43.6 Å². The number of hydrogen-bond acceptors (Lipinski definition) is 3. The van der Waals surface area contributed by atoms with Crippen LogP contribution in [-0.4, -0.2) is 16.5 Å². The standard InChI is InChI=1S/C9H8N2O2/c1-13-7-3-2-6-11-8(12)4-5-10-9(7)11/h2-6H,1H3. The van der Waals surface area contributed by atoms with Crippen molar-refractivity contribution in [1.29, 1.82) is 0 Å². The van der Waals surface area contributed by atoms with Crippen LogP contribution >= 0.6 is 0 Å². The largest absolute Gasteiger partial charge is 0.493 e. The van der Waals surface area contributed by atoms with E-state index in [2.05, 4.69) is 4.98 Å². The fourth-order valence-corrected chi connectivity index (χ4v) is 1.20. The highest BCUT2D eigenvalue weighted by Crippen LogP contribution is 2.13. The molecule has 66 valence electrons. The molecule has 0 spiro atoms. The van der Waals surface area contributed by atoms with Gasteiger partial charge in [-0.15, -0.1) is 0 Å². The minimum atomic E-state index is -0.107. The molecule has 0 fully saturated rings. The Hall–Kier alpha value is -1.84. The second-order valence-corrected chi connectivity index (χ2v) is 2.55. The van der Waals surface area contributed by atoms with Crippen LogP contribution in [0.2, 0.25) is 0 Å². The van der Waals surface area contributed by atoms with Crippen LogP contribution in [0.5, 0.6) is 5.75 Å². The van der Waals surface area contributed by atoms with Crippen LogP contribution < -0.4 is 10.3 Å². The first-order valence-corrected chi connectivity index (χ1v) is 3.83. The van der Waals surface area contributed by atoms with Gasteiger partial charge in [0.1, 0.15) is 0 Å². The molecule has 0 atom stereocenters. The molecule has 4 heteroatoms. The van der Waals surface area contributed by atoms with Gasteiger partial charge in [-0.3, -0.25) is 9.20 Å². The Balaban J connectivity index is 2.92. The molecule has 2 aromatic rings. The van der Waals surface area contributed by atoms with Crippen LogP contribution in [0.15, 0.2) is 35.4 Å². The van der Waals surface area contributed by atoms with Gasteiger partial charge in [-0.25, -0.2) is 4.98 Å². The second kappa shape index (κ2) is 2.90. The first kappa shape index (κ1) is 7.79. The van der Waals surface area contributed by atoms with Gasteiger partial charge in [-0.1, -0.05) is 0 Å². The number of pyridine rings is 1. The first-order valence-electron chi connectivity index (χ1n) is 3.83. The minimum absolute atomic E-state index is 0.107. The Bertz CT molecular complexity index is 490. The molecule has 0 bridgehead atoms. The Kier molecular flexibility index (Phi) is 1.73. The summed E-state index contributed by atoms with van der Waals surface area (Å²) in [6, 6.07) is 4.92. The molecular weight excluding hydrogens is 168 g/mol. The zero-order valence-corrected chi connectivity index (χ0v) is 7.10. The van der Waals surface area contributed by atoms with Crippen molar-refractivity contribution >= 4 is 5.65 Å². The van der Waals surface area contributed by atoms with Crippen LogP contribution in [-0.2, 0) is 0 Å². The van der Waals surface area contributed by atoms with Gasteiger partial charge in [0.15, 0.2) is 11.4 Å². The van der Waals surface area contributed by atoms with Crippen molar-refractivity contribution in [3.05, 3.63) is 40.9 Å². The number of nitrogens with zero attached hydrogens (tertiary/aromatic N) is 2. The summed E-state index contributed by atoms with van der Waals surface area (Å²) in [7, 11) is 1.55. The van der Waals surface area contributed by atoms with E-state index in [1.54, 1.807) is 25.4 Å². The van der Waals surface area contributed by atoms with E-state index < -0.39 is 0 Å². The Morgan fingerprint density at radius 3 is 3.08 bits per heavy atom. The van der Waals surface area contributed by atoms with E-state index in [-0.39, 0.29) is 5.56 Å². The van der Waals surface area contributed by atoms with Crippen molar-refractivity contribution in [2.75, 3.05) is 7.11 Å². The lowest BCUT2D eigenvalue weighted by Crippen LogP contribution is -2.12. The van der Waals surface area contributed by atoms with E-state index in [9.17, 15) is 4.79 Å². The van der Waals surface area contributed by atoms with Crippen molar-refractivity contribution in [1.82, 2.24) is 9.38 Å². The number of fused-ring (bicyclic) bond motifs is 1. The molecule has 0 radical (unpaired) electrons. The van der Waals surface area contributed by atoms with Gasteiger partial charge >= 0.3 is 0 Å². The summed E-state index contributed by atoms with van der Waals surface area (Å²) in [5.74, 6) is 0.597. The van der Waals surface area contributed by atoms with Gasteiger partial charge in [-0.2, -0.15) is 0 Å². The van der Waals surface area contributed by atoms with Crippen LogP contribution in [0.3, 0.4) is 0 Å². The normalized spacial score (nSPS) is 10.2. The number of rotatable bonds is 1. The smallest absolute Gasteiger partial charge is 0.257 e. The molecular formula is C9H8N2O2. The molecule has 13 heavy (non-hydrogen) atoms. The van der Waals surface area contributed by atoms with E-state index in [1.807, 2.05) is 0 Å². The van der Waals surface area contributed by atoms with Crippen LogP contribution in [0, 0.1) is 0 Å². The molecule has 0 amide bonds. The average Bonchev–Trinajstić information content (AvgIpc) is 2.18. The zero-order chi connectivity index (χ0) is 9.26. The summed E-state index contributed by atoms with van der Waals surface area (Å²) >= 11 is 0. The third-order valence-corrected chi connectivity index (χ3v) is 1.80. The quantitative estimate of drug-likeness (QED) is 0.642. The molecule has 0 aromatic carbocycles. The van der Waals surface area contributed by atoms with Crippen molar-refractivity contribution in [2.45, 2.75) is 0 Å². The van der Waals surface area contributed by atoms with E-state index in [0.29, 0.717) is 11.4 Å². The highest BCUT2D eigenvalue weighted by Gasteiger charge is 2.01. The molecule has 0 aliphatic heterocycles. The first-order chi connectivity index (χ1) is 6.33. The Labute approximate surface area is 74.4 Å². The van der Waals surface area contributed by atoms with Gasteiger partial charge in [-0.05, 0) is 12.1 Å². The lowest BCUT2D eigenvalue weighted by atomic mass is 10.4. The van der Waals surface area contributed by atoms with Crippen molar-refractivity contribution in [3.63, 3.8) is 0 Å². The highest BCUT2D eigenvalue weighted by molar-refractivity contribution is 5.52. The second-order valence-electron chi connectivity index (χ2n) is 2.55. The number of ether oxygens (including phenoxy) is 1. The Morgan fingerprint density at radius 1 is 1.46 bits per heavy atom. The van der Waals surface area contributed by atoms with Gasteiger partial charge < -0.3 is 4.74 Å². The lowest BCUT2D eigenvalue weighted by Gasteiger charge is -2.03. The zero-order valence-electron chi connectivity index (χ0n) is 7.10. The molecule has 4 nitrogen and oxygen atoms in total. The number of aromatic nitrogens is 2. The molecule has 2 aromatic heterocycles. The summed E-state index contributed by atoms with van der Waals surface area (Å²) in [6.45, 7) is 0. The summed E-state index contributed by atoms with van der Waals surface area (Å²) < 4.78 is 6.50. The lowest BCUT2D eigenvalue weighted by molar-refractivity contribution is 0.416. The van der Waals surface area contributed by atoms with E-state index >= 15 is 0 Å². The van der Waals surface area contributed by atoms with Crippen molar-refractivity contribution in [3.8, 4) is 5.75 Å². The molecule has 0 unspecified atom stereocenters. The average molecular weight is 176 g/mol. The van der Waals surface area contributed by atoms with Gasteiger partial charge in [0.2, 0.25) is 0 Å². The van der Waals surface area contributed by atoms with Gasteiger partial charge in [0.05, 0.1) is 7.11 Å². The van der Waals surface area contributed by atoms with Crippen molar-refractivity contribution < 1.29 is 4.74 Å². The van der Waals surface area contributed by atoms with Gasteiger partial charge in [0.25, 0.3) is 5.56 Å². The molecule has 0 aliphatic rings.